The van der Waals surface area contributed by atoms with Gasteiger partial charge in [0.05, 0.1) is 21.3 Å². The molecule has 0 aromatic heterocycles. The van der Waals surface area contributed by atoms with E-state index in [9.17, 15) is 9.18 Å². The minimum Gasteiger partial charge on any atom is -0.397 e. The number of halogens is 2. The Kier molecular flexibility index (Phi) is 3.23. The van der Waals surface area contributed by atoms with Gasteiger partial charge in [-0.05, 0) is 35.3 Å². The maximum Gasteiger partial charge on any atom is 0.225 e. The lowest BCUT2D eigenvalue weighted by molar-refractivity contribution is -0.125. The molecule has 0 radical (unpaired) electrons. The molecule has 0 aliphatic carbocycles. The predicted octanol–water partition coefficient (Wildman–Crippen LogP) is 1.87. The molecule has 18 heavy (non-hydrogen) atoms. The number of nitrogens with two attached hydrogens (primary N) is 2. The summed E-state index contributed by atoms with van der Waals surface area (Å²) in [5.41, 5.74) is 11.8. The van der Waals surface area contributed by atoms with E-state index >= 15 is 0 Å². The first-order valence-corrected chi connectivity index (χ1v) is 6.42. The Morgan fingerprint density at radius 3 is 2.78 bits per heavy atom. The van der Waals surface area contributed by atoms with E-state index in [4.69, 9.17) is 11.5 Å². The molecule has 0 spiro atoms. The molecule has 1 aromatic carbocycles. The lowest BCUT2D eigenvalue weighted by Crippen LogP contribution is -2.37. The van der Waals surface area contributed by atoms with Gasteiger partial charge >= 0.3 is 0 Å². The Bertz CT molecular complexity index is 508. The van der Waals surface area contributed by atoms with Crippen molar-refractivity contribution in [2.45, 2.75) is 13.3 Å². The van der Waals surface area contributed by atoms with Gasteiger partial charge in [-0.25, -0.2) is 4.39 Å². The van der Waals surface area contributed by atoms with Crippen LogP contribution in [0.5, 0.6) is 0 Å². The first-order chi connectivity index (χ1) is 8.33. The van der Waals surface area contributed by atoms with Gasteiger partial charge in [0.25, 0.3) is 0 Å². The SMILES string of the molecule is CC1(C(N)=O)CCN(c2cc(Br)c(F)cc2N)C1. The van der Waals surface area contributed by atoms with Crippen molar-refractivity contribution in [3.63, 3.8) is 0 Å². The fourth-order valence-electron chi connectivity index (χ4n) is 2.19. The van der Waals surface area contributed by atoms with E-state index in [1.807, 2.05) is 11.8 Å². The average Bonchev–Trinajstić information content (AvgIpc) is 2.68. The summed E-state index contributed by atoms with van der Waals surface area (Å²) in [6.07, 6.45) is 0.677. The maximum absolute atomic E-state index is 13.3. The summed E-state index contributed by atoms with van der Waals surface area (Å²) < 4.78 is 13.7. The smallest absolute Gasteiger partial charge is 0.225 e. The molecule has 1 aromatic rings. The summed E-state index contributed by atoms with van der Waals surface area (Å²) in [6.45, 7) is 3.02. The average molecular weight is 316 g/mol. The largest absolute Gasteiger partial charge is 0.397 e. The van der Waals surface area contributed by atoms with Gasteiger partial charge in [-0.1, -0.05) is 0 Å². The molecule has 1 atom stereocenters. The summed E-state index contributed by atoms with van der Waals surface area (Å²) in [6, 6.07) is 2.91. The van der Waals surface area contributed by atoms with E-state index in [-0.39, 0.29) is 5.91 Å². The Labute approximate surface area is 113 Å². The monoisotopic (exact) mass is 315 g/mol. The van der Waals surface area contributed by atoms with Crippen molar-refractivity contribution in [2.75, 3.05) is 23.7 Å². The first kappa shape index (κ1) is 13.1. The number of amides is 1. The summed E-state index contributed by atoms with van der Waals surface area (Å²) in [5, 5.41) is 0. The predicted molar refractivity (Wildman–Crippen MR) is 72.6 cm³/mol. The van der Waals surface area contributed by atoms with E-state index in [2.05, 4.69) is 15.9 Å². The first-order valence-electron chi connectivity index (χ1n) is 5.63. The normalized spacial score (nSPS) is 23.4. The highest BCUT2D eigenvalue weighted by Crippen LogP contribution is 2.37. The van der Waals surface area contributed by atoms with Gasteiger partial charge in [0, 0.05) is 19.2 Å². The number of hydrogen-bond donors (Lipinski definition) is 2. The third kappa shape index (κ3) is 2.16. The van der Waals surface area contributed by atoms with Crippen LogP contribution in [0.3, 0.4) is 0 Å². The molecule has 1 saturated heterocycles. The highest BCUT2D eigenvalue weighted by molar-refractivity contribution is 9.10. The number of primary amides is 1. The number of carbonyl (C=O) groups excluding carboxylic acids is 1. The van der Waals surface area contributed by atoms with E-state index in [0.717, 1.165) is 5.69 Å². The van der Waals surface area contributed by atoms with Crippen molar-refractivity contribution in [2.24, 2.45) is 11.1 Å². The number of nitrogens with zero attached hydrogens (tertiary/aromatic N) is 1. The van der Waals surface area contributed by atoms with Crippen LogP contribution in [-0.4, -0.2) is 19.0 Å². The van der Waals surface area contributed by atoms with Crippen LogP contribution in [0.15, 0.2) is 16.6 Å². The number of hydrogen-bond acceptors (Lipinski definition) is 3. The Balaban J connectivity index is 2.30. The second-order valence-corrected chi connectivity index (χ2v) is 5.78. The Hall–Kier alpha value is -1.30. The molecule has 1 unspecified atom stereocenters. The number of benzene rings is 1. The highest BCUT2D eigenvalue weighted by atomic mass is 79.9. The summed E-state index contributed by atoms with van der Waals surface area (Å²) in [5.74, 6) is -0.710. The fraction of sp³-hybridized carbons (Fsp3) is 0.417. The van der Waals surface area contributed by atoms with Crippen LogP contribution < -0.4 is 16.4 Å². The number of nitrogen functional groups attached to an aromatic ring is 1. The highest BCUT2D eigenvalue weighted by Gasteiger charge is 2.39. The molecule has 4 N–H and O–H groups in total. The molecule has 1 aliphatic heterocycles. The van der Waals surface area contributed by atoms with Crippen molar-refractivity contribution < 1.29 is 9.18 Å². The molecule has 0 saturated carbocycles. The van der Waals surface area contributed by atoms with Gasteiger partial charge < -0.3 is 16.4 Å². The third-order valence-electron chi connectivity index (χ3n) is 3.48. The molecule has 1 amide bonds. The van der Waals surface area contributed by atoms with Crippen LogP contribution in [-0.2, 0) is 4.79 Å². The minimum atomic E-state index is -0.548. The Morgan fingerprint density at radius 2 is 2.22 bits per heavy atom. The van der Waals surface area contributed by atoms with Crippen molar-refractivity contribution in [1.29, 1.82) is 0 Å². The van der Waals surface area contributed by atoms with Gasteiger partial charge in [0.2, 0.25) is 5.91 Å². The van der Waals surface area contributed by atoms with Crippen LogP contribution in [0.1, 0.15) is 13.3 Å². The molecular weight excluding hydrogens is 301 g/mol. The minimum absolute atomic E-state index is 0.315. The molecule has 1 fully saturated rings. The zero-order valence-corrected chi connectivity index (χ0v) is 11.6. The summed E-state index contributed by atoms with van der Waals surface area (Å²) in [7, 11) is 0. The molecule has 98 valence electrons. The van der Waals surface area contributed by atoms with Crippen LogP contribution in [0.4, 0.5) is 15.8 Å². The van der Waals surface area contributed by atoms with Crippen molar-refractivity contribution in [3.8, 4) is 0 Å². The maximum atomic E-state index is 13.3. The van der Waals surface area contributed by atoms with Gasteiger partial charge in [-0.3, -0.25) is 4.79 Å². The molecule has 1 heterocycles. The van der Waals surface area contributed by atoms with Gasteiger partial charge in [-0.2, -0.15) is 0 Å². The number of carbonyl (C=O) groups is 1. The fourth-order valence-corrected chi connectivity index (χ4v) is 2.52. The summed E-state index contributed by atoms with van der Waals surface area (Å²) in [4.78, 5) is 13.4. The van der Waals surface area contributed by atoms with E-state index in [1.165, 1.54) is 6.07 Å². The van der Waals surface area contributed by atoms with Gasteiger partial charge in [0.1, 0.15) is 5.82 Å². The molecule has 6 heteroatoms. The second kappa shape index (κ2) is 4.42. The lowest BCUT2D eigenvalue weighted by atomic mass is 9.89. The van der Waals surface area contributed by atoms with Crippen LogP contribution in [0.2, 0.25) is 0 Å². The topological polar surface area (TPSA) is 72.4 Å². The van der Waals surface area contributed by atoms with Crippen LogP contribution in [0.25, 0.3) is 0 Å². The molecule has 1 aliphatic rings. The lowest BCUT2D eigenvalue weighted by Gasteiger charge is -2.24. The third-order valence-corrected chi connectivity index (χ3v) is 4.09. The zero-order chi connectivity index (χ0) is 13.5. The van der Waals surface area contributed by atoms with Crippen molar-refractivity contribution in [3.05, 3.63) is 22.4 Å². The van der Waals surface area contributed by atoms with E-state index in [1.54, 1.807) is 6.07 Å². The second-order valence-electron chi connectivity index (χ2n) is 4.92. The number of rotatable bonds is 2. The van der Waals surface area contributed by atoms with Gasteiger partial charge in [-0.15, -0.1) is 0 Å². The quantitative estimate of drug-likeness (QED) is 0.818. The van der Waals surface area contributed by atoms with Crippen LogP contribution in [0, 0.1) is 11.2 Å². The van der Waals surface area contributed by atoms with Crippen molar-refractivity contribution in [1.82, 2.24) is 0 Å². The van der Waals surface area contributed by atoms with Crippen LogP contribution >= 0.6 is 15.9 Å². The standard InChI is InChI=1S/C12H15BrFN3O/c1-12(11(16)18)2-3-17(6-12)10-4-7(13)8(14)5-9(10)15/h4-5H,2-3,6,15H2,1H3,(H2,16,18). The zero-order valence-electron chi connectivity index (χ0n) is 10.0. The van der Waals surface area contributed by atoms with E-state index in [0.29, 0.717) is 29.7 Å². The molecule has 4 nitrogen and oxygen atoms in total. The Morgan fingerprint density at radius 1 is 1.56 bits per heavy atom. The molecular formula is C12H15BrFN3O. The number of anilines is 2. The van der Waals surface area contributed by atoms with Crippen molar-refractivity contribution >= 4 is 33.2 Å². The molecule has 0 bridgehead atoms. The van der Waals surface area contributed by atoms with E-state index < -0.39 is 11.2 Å². The molecule has 2 rings (SSSR count). The van der Waals surface area contributed by atoms with Gasteiger partial charge in [0.15, 0.2) is 0 Å². The summed E-state index contributed by atoms with van der Waals surface area (Å²) >= 11 is 3.14.